The van der Waals surface area contributed by atoms with Crippen LogP contribution in [0.1, 0.15) is 5.56 Å². The third kappa shape index (κ3) is 4.01. The van der Waals surface area contributed by atoms with Crippen LogP contribution in [0.4, 0.5) is 0 Å². The zero-order chi connectivity index (χ0) is 14.6. The SMILES string of the molecule is C[Si](C)(C)/C(Cl)=C(\Sc1ccccc1)c1ccccc1. The second kappa shape index (κ2) is 6.66. The van der Waals surface area contributed by atoms with Gasteiger partial charge in [0.15, 0.2) is 0 Å². The summed E-state index contributed by atoms with van der Waals surface area (Å²) < 4.78 is 1.04. The first kappa shape index (κ1) is 15.4. The van der Waals surface area contributed by atoms with Crippen LogP contribution < -0.4 is 0 Å². The maximum Gasteiger partial charge on any atom is 0.0937 e. The van der Waals surface area contributed by atoms with Gasteiger partial charge in [0.1, 0.15) is 0 Å². The third-order valence-electron chi connectivity index (χ3n) is 2.86. The van der Waals surface area contributed by atoms with Gasteiger partial charge in [0, 0.05) is 14.5 Å². The summed E-state index contributed by atoms with van der Waals surface area (Å²) in [5, 5.41) is 0. The highest BCUT2D eigenvalue weighted by Gasteiger charge is 2.23. The van der Waals surface area contributed by atoms with E-state index in [-0.39, 0.29) is 0 Å². The molecule has 104 valence electrons. The smallest absolute Gasteiger partial charge is 0.0930 e. The first-order chi connectivity index (χ1) is 9.48. The molecule has 0 aromatic heterocycles. The van der Waals surface area contributed by atoms with Crippen LogP contribution in [0.25, 0.3) is 4.91 Å². The van der Waals surface area contributed by atoms with Crippen molar-refractivity contribution in [2.75, 3.05) is 0 Å². The number of hydrogen-bond acceptors (Lipinski definition) is 1. The first-order valence-electron chi connectivity index (χ1n) is 6.67. The van der Waals surface area contributed by atoms with E-state index in [1.165, 1.54) is 15.4 Å². The molecule has 0 spiro atoms. The zero-order valence-electron chi connectivity index (χ0n) is 12.1. The Morgan fingerprint density at radius 3 is 1.85 bits per heavy atom. The molecule has 3 heteroatoms. The Bertz CT molecular complexity index is 585. The molecule has 20 heavy (non-hydrogen) atoms. The van der Waals surface area contributed by atoms with E-state index >= 15 is 0 Å². The standard InChI is InChI=1S/C17H19ClSSi/c1-20(2,3)17(18)16(14-10-6-4-7-11-14)19-15-12-8-5-9-13-15/h4-13H,1-3H3/b17-16-. The fraction of sp³-hybridized carbons (Fsp3) is 0.176. The molecule has 0 nitrogen and oxygen atoms in total. The van der Waals surface area contributed by atoms with Crippen molar-refractivity contribution in [1.82, 2.24) is 0 Å². The minimum Gasteiger partial charge on any atom is -0.0930 e. The predicted octanol–water partition coefficient (Wildman–Crippen LogP) is 6.26. The Balaban J connectivity index is 2.46. The summed E-state index contributed by atoms with van der Waals surface area (Å²) in [6.07, 6.45) is 0. The minimum atomic E-state index is -1.54. The molecule has 2 aromatic carbocycles. The number of rotatable bonds is 4. The zero-order valence-corrected chi connectivity index (χ0v) is 14.6. The Kier molecular flexibility index (Phi) is 5.14. The predicted molar refractivity (Wildman–Crippen MR) is 94.9 cm³/mol. The van der Waals surface area contributed by atoms with Crippen molar-refractivity contribution in [2.24, 2.45) is 0 Å². The van der Waals surface area contributed by atoms with Gasteiger partial charge in [-0.15, -0.1) is 0 Å². The molecule has 0 heterocycles. The highest BCUT2D eigenvalue weighted by Crippen LogP contribution is 2.40. The van der Waals surface area contributed by atoms with E-state index in [4.69, 9.17) is 11.6 Å². The molecule has 0 aliphatic carbocycles. The second-order valence-corrected chi connectivity index (χ2v) is 12.5. The summed E-state index contributed by atoms with van der Waals surface area (Å²) in [6, 6.07) is 20.9. The second-order valence-electron chi connectivity index (χ2n) is 5.67. The average molecular weight is 319 g/mol. The van der Waals surface area contributed by atoms with Crippen LogP contribution in [0.2, 0.25) is 19.6 Å². The van der Waals surface area contributed by atoms with Gasteiger partial charge < -0.3 is 0 Å². The molecular weight excluding hydrogens is 300 g/mol. The van der Waals surface area contributed by atoms with Crippen molar-refractivity contribution in [1.29, 1.82) is 0 Å². The van der Waals surface area contributed by atoms with Gasteiger partial charge in [-0.05, 0) is 17.7 Å². The van der Waals surface area contributed by atoms with Gasteiger partial charge in [0.05, 0.1) is 8.07 Å². The molecule has 0 saturated carbocycles. The number of halogens is 1. The van der Waals surface area contributed by atoms with Crippen molar-refractivity contribution in [2.45, 2.75) is 24.5 Å². The van der Waals surface area contributed by atoms with Gasteiger partial charge in [-0.2, -0.15) is 0 Å². The van der Waals surface area contributed by atoms with E-state index in [9.17, 15) is 0 Å². The fourth-order valence-electron chi connectivity index (χ4n) is 1.77. The van der Waals surface area contributed by atoms with Crippen LogP contribution in [-0.2, 0) is 0 Å². The number of benzene rings is 2. The van der Waals surface area contributed by atoms with Crippen LogP contribution in [0, 0.1) is 0 Å². The molecule has 0 amide bonds. The monoisotopic (exact) mass is 318 g/mol. The lowest BCUT2D eigenvalue weighted by Gasteiger charge is -2.20. The lowest BCUT2D eigenvalue weighted by atomic mass is 10.2. The number of thioether (sulfide) groups is 1. The maximum absolute atomic E-state index is 6.73. The molecule has 0 bridgehead atoms. The molecule has 0 atom stereocenters. The van der Waals surface area contributed by atoms with Gasteiger partial charge in [0.2, 0.25) is 0 Å². The largest absolute Gasteiger partial charge is 0.0937 e. The molecule has 0 aliphatic heterocycles. The normalized spacial score (nSPS) is 13.0. The van der Waals surface area contributed by atoms with E-state index in [1.54, 1.807) is 11.8 Å². The van der Waals surface area contributed by atoms with E-state index in [0.717, 1.165) is 4.66 Å². The molecular formula is C17H19ClSSi. The van der Waals surface area contributed by atoms with Crippen LogP contribution in [0.5, 0.6) is 0 Å². The van der Waals surface area contributed by atoms with Crippen molar-refractivity contribution < 1.29 is 0 Å². The summed E-state index contributed by atoms with van der Waals surface area (Å²) in [4.78, 5) is 2.42. The minimum absolute atomic E-state index is 1.04. The Hall–Kier alpha value is -0.963. The number of hydrogen-bond donors (Lipinski definition) is 0. The quantitative estimate of drug-likeness (QED) is 0.473. The third-order valence-corrected chi connectivity index (χ3v) is 7.76. The van der Waals surface area contributed by atoms with Crippen molar-refractivity contribution in [3.05, 3.63) is 70.9 Å². The summed E-state index contributed by atoms with van der Waals surface area (Å²) >= 11 is 8.49. The topological polar surface area (TPSA) is 0 Å². The van der Waals surface area contributed by atoms with Crippen molar-refractivity contribution in [3.63, 3.8) is 0 Å². The van der Waals surface area contributed by atoms with Gasteiger partial charge in [-0.25, -0.2) is 0 Å². The van der Waals surface area contributed by atoms with Crippen molar-refractivity contribution >= 4 is 36.3 Å². The summed E-state index contributed by atoms with van der Waals surface area (Å²) in [7, 11) is -1.54. The van der Waals surface area contributed by atoms with Crippen LogP contribution in [0.3, 0.4) is 0 Å². The molecule has 2 aromatic rings. The Morgan fingerprint density at radius 1 is 0.850 bits per heavy atom. The molecule has 0 N–H and O–H groups in total. The molecule has 2 rings (SSSR count). The summed E-state index contributed by atoms with van der Waals surface area (Å²) in [6.45, 7) is 6.84. The highest BCUT2D eigenvalue weighted by atomic mass is 35.5. The maximum atomic E-state index is 6.73. The molecule has 0 aliphatic rings. The Labute approximate surface area is 131 Å². The van der Waals surface area contributed by atoms with E-state index in [1.807, 2.05) is 12.1 Å². The highest BCUT2D eigenvalue weighted by molar-refractivity contribution is 8.08. The van der Waals surface area contributed by atoms with Crippen LogP contribution >= 0.6 is 23.4 Å². The Morgan fingerprint density at radius 2 is 1.35 bits per heavy atom. The van der Waals surface area contributed by atoms with Crippen molar-refractivity contribution in [3.8, 4) is 0 Å². The van der Waals surface area contributed by atoms with Gasteiger partial charge in [0.25, 0.3) is 0 Å². The van der Waals surface area contributed by atoms with Crippen LogP contribution in [-0.4, -0.2) is 8.07 Å². The molecule has 0 radical (unpaired) electrons. The van der Waals surface area contributed by atoms with Crippen LogP contribution in [0.15, 0.2) is 70.2 Å². The lowest BCUT2D eigenvalue weighted by Crippen LogP contribution is -2.21. The molecule has 0 unspecified atom stereocenters. The average Bonchev–Trinajstić information content (AvgIpc) is 2.45. The van der Waals surface area contributed by atoms with Gasteiger partial charge in [-0.3, -0.25) is 0 Å². The summed E-state index contributed by atoms with van der Waals surface area (Å²) in [5.74, 6) is 0. The van der Waals surface area contributed by atoms with E-state index in [2.05, 4.69) is 68.2 Å². The lowest BCUT2D eigenvalue weighted by molar-refractivity contribution is 1.47. The van der Waals surface area contributed by atoms with Gasteiger partial charge in [-0.1, -0.05) is 91.5 Å². The summed E-state index contributed by atoms with van der Waals surface area (Å²) in [5.41, 5.74) is 1.20. The van der Waals surface area contributed by atoms with E-state index < -0.39 is 8.07 Å². The first-order valence-corrected chi connectivity index (χ1v) is 11.4. The molecule has 0 saturated heterocycles. The fourth-order valence-corrected chi connectivity index (χ4v) is 4.76. The molecule has 0 fully saturated rings. The van der Waals surface area contributed by atoms with E-state index in [0.29, 0.717) is 0 Å². The van der Waals surface area contributed by atoms with Gasteiger partial charge >= 0.3 is 0 Å².